The Hall–Kier alpha value is -5.97. The summed E-state index contributed by atoms with van der Waals surface area (Å²) in [6.45, 7) is 1.03. The van der Waals surface area contributed by atoms with Crippen LogP contribution in [0.25, 0.3) is 0 Å². The molecule has 1 amide bonds. The Labute approximate surface area is 307 Å². The molecule has 1 heterocycles. The average molecular weight is 720 g/mol. The first kappa shape index (κ1) is 36.8. The molecule has 6 rings (SSSR count). The van der Waals surface area contributed by atoms with E-state index >= 15 is 4.79 Å². The van der Waals surface area contributed by atoms with Crippen molar-refractivity contribution in [3.8, 4) is 5.75 Å². The summed E-state index contributed by atoms with van der Waals surface area (Å²) >= 11 is 0. The zero-order chi connectivity index (χ0) is 37.6. The van der Waals surface area contributed by atoms with Gasteiger partial charge in [-0.25, -0.2) is 0 Å². The first-order valence-electron chi connectivity index (χ1n) is 17.4. The fraction of sp³-hybridized carbons (Fsp3) is 0.310. The van der Waals surface area contributed by atoms with E-state index in [1.54, 1.807) is 85.8 Å². The maximum absolute atomic E-state index is 15.6. The van der Waals surface area contributed by atoms with Crippen LogP contribution in [0.5, 0.6) is 5.75 Å². The minimum atomic E-state index is -2.44. The van der Waals surface area contributed by atoms with E-state index in [4.69, 9.17) is 23.7 Å². The molecule has 274 valence electrons. The van der Waals surface area contributed by atoms with Crippen LogP contribution >= 0.6 is 0 Å². The third-order valence-corrected chi connectivity index (χ3v) is 10.2. The van der Waals surface area contributed by atoms with Crippen LogP contribution in [0.15, 0.2) is 109 Å². The Bertz CT molecular complexity index is 1910. The molecule has 53 heavy (non-hydrogen) atoms. The monoisotopic (exact) mass is 719 g/mol. The van der Waals surface area contributed by atoms with E-state index in [0.717, 1.165) is 5.56 Å². The van der Waals surface area contributed by atoms with Gasteiger partial charge in [-0.15, -0.1) is 0 Å². The summed E-state index contributed by atoms with van der Waals surface area (Å²) in [5.41, 5.74) is -1.77. The normalized spacial score (nSPS) is 19.7. The molecule has 11 heteroatoms. The number of hydrogen-bond donors (Lipinski definition) is 0. The number of para-hydroxylation sites is 1. The lowest BCUT2D eigenvalue weighted by atomic mass is 9.63. The van der Waals surface area contributed by atoms with E-state index in [-0.39, 0.29) is 26.4 Å². The molecule has 1 spiro atoms. The molecular weight excluding hydrogens is 678 g/mol. The van der Waals surface area contributed by atoms with Crippen LogP contribution in [0.1, 0.15) is 42.0 Å². The van der Waals surface area contributed by atoms with Gasteiger partial charge in [0.05, 0.1) is 38.5 Å². The standard InChI is InChI=1S/C42H41NO10/c1-4-51-37(45)36-41(39(47)52-26-29-17-10-6-11-18-29,40(48)53-27-30-19-12-7-13-20-30)24-31(23-34(44)50-3)42(36)32-21-14-22-33(49-2)35(32)43(38(42)46)25-28-15-8-5-9-16-28/h5-22,31,36H,4,23-27H2,1-3H3/t31-,36+,42-/m0/s1. The van der Waals surface area contributed by atoms with Gasteiger partial charge < -0.3 is 28.6 Å². The van der Waals surface area contributed by atoms with Crippen molar-refractivity contribution in [2.75, 3.05) is 25.7 Å². The molecule has 0 radical (unpaired) electrons. The highest BCUT2D eigenvalue weighted by molar-refractivity contribution is 6.16. The summed E-state index contributed by atoms with van der Waals surface area (Å²) in [7, 11) is 2.67. The maximum Gasteiger partial charge on any atom is 0.324 e. The molecule has 0 bridgehead atoms. The summed E-state index contributed by atoms with van der Waals surface area (Å²) in [6, 6.07) is 31.9. The number of methoxy groups -OCH3 is 2. The predicted molar refractivity (Wildman–Crippen MR) is 192 cm³/mol. The Morgan fingerprint density at radius 1 is 0.717 bits per heavy atom. The van der Waals surface area contributed by atoms with Crippen LogP contribution in [0.3, 0.4) is 0 Å². The third-order valence-electron chi connectivity index (χ3n) is 10.2. The molecule has 1 aliphatic carbocycles. The number of fused-ring (bicyclic) bond motifs is 2. The number of carbonyl (C=O) groups is 5. The zero-order valence-electron chi connectivity index (χ0n) is 29.8. The molecule has 0 N–H and O–H groups in total. The molecule has 0 unspecified atom stereocenters. The van der Waals surface area contributed by atoms with Gasteiger partial charge in [-0.2, -0.15) is 0 Å². The number of anilines is 1. The second-order valence-electron chi connectivity index (χ2n) is 13.1. The highest BCUT2D eigenvalue weighted by Crippen LogP contribution is 2.67. The third kappa shape index (κ3) is 6.63. The van der Waals surface area contributed by atoms with Crippen molar-refractivity contribution in [3.05, 3.63) is 131 Å². The molecular formula is C42H41NO10. The zero-order valence-corrected chi connectivity index (χ0v) is 29.8. The lowest BCUT2D eigenvalue weighted by molar-refractivity contribution is -0.185. The van der Waals surface area contributed by atoms with Crippen LogP contribution in [-0.2, 0) is 68.1 Å². The number of ether oxygens (including phenoxy) is 5. The van der Waals surface area contributed by atoms with E-state index in [1.165, 1.54) is 19.1 Å². The van der Waals surface area contributed by atoms with Crippen LogP contribution in [0.2, 0.25) is 0 Å². The van der Waals surface area contributed by atoms with Gasteiger partial charge in [0.1, 0.15) is 24.9 Å². The maximum atomic E-state index is 15.6. The second kappa shape index (κ2) is 15.7. The topological polar surface area (TPSA) is 135 Å². The molecule has 1 aliphatic heterocycles. The van der Waals surface area contributed by atoms with Crippen LogP contribution < -0.4 is 9.64 Å². The largest absolute Gasteiger partial charge is 0.495 e. The van der Waals surface area contributed by atoms with E-state index in [2.05, 4.69) is 0 Å². The number of rotatable bonds is 13. The molecule has 2 aliphatic rings. The number of hydrogen-bond acceptors (Lipinski definition) is 10. The molecule has 4 aromatic rings. The Morgan fingerprint density at radius 2 is 1.26 bits per heavy atom. The number of amides is 1. The van der Waals surface area contributed by atoms with Crippen LogP contribution in [0.4, 0.5) is 5.69 Å². The van der Waals surface area contributed by atoms with Gasteiger partial charge in [0.2, 0.25) is 5.91 Å². The number of nitrogens with zero attached hydrogens (tertiary/aromatic N) is 1. The fourth-order valence-corrected chi connectivity index (χ4v) is 7.94. The van der Waals surface area contributed by atoms with E-state index in [0.29, 0.717) is 28.1 Å². The second-order valence-corrected chi connectivity index (χ2v) is 13.1. The molecule has 1 saturated carbocycles. The molecule has 1 fully saturated rings. The summed E-state index contributed by atoms with van der Waals surface area (Å²) in [6.07, 6.45) is -0.887. The SMILES string of the molecule is CCOC(=O)[C@@H]1C(C(=O)OCc2ccccc2)(C(=O)OCc2ccccc2)C[C@H](CC(=O)OC)[C@@]12C(=O)N(Cc1ccccc1)c1c(OC)cccc12. The summed E-state index contributed by atoms with van der Waals surface area (Å²) < 4.78 is 28.4. The van der Waals surface area contributed by atoms with Crippen molar-refractivity contribution < 1.29 is 47.7 Å². The van der Waals surface area contributed by atoms with Gasteiger partial charge >= 0.3 is 23.9 Å². The molecule has 0 aromatic heterocycles. The number of carbonyl (C=O) groups excluding carboxylic acids is 5. The lowest BCUT2D eigenvalue weighted by Crippen LogP contribution is -2.56. The minimum absolute atomic E-state index is 0.0548. The van der Waals surface area contributed by atoms with E-state index in [1.807, 2.05) is 30.3 Å². The Balaban J connectivity index is 1.60. The Kier molecular flexibility index (Phi) is 10.9. The number of esters is 4. The van der Waals surface area contributed by atoms with Crippen molar-refractivity contribution in [1.29, 1.82) is 0 Å². The van der Waals surface area contributed by atoms with Crippen molar-refractivity contribution in [3.63, 3.8) is 0 Å². The minimum Gasteiger partial charge on any atom is -0.495 e. The Morgan fingerprint density at radius 3 is 1.77 bits per heavy atom. The first-order chi connectivity index (χ1) is 25.7. The average Bonchev–Trinajstić information content (AvgIpc) is 3.63. The smallest absolute Gasteiger partial charge is 0.324 e. The molecule has 11 nitrogen and oxygen atoms in total. The summed E-state index contributed by atoms with van der Waals surface area (Å²) in [4.78, 5) is 74.8. The highest BCUT2D eigenvalue weighted by atomic mass is 16.6. The van der Waals surface area contributed by atoms with Crippen molar-refractivity contribution in [2.24, 2.45) is 17.3 Å². The molecule has 0 saturated heterocycles. The van der Waals surface area contributed by atoms with E-state index < -0.39 is 65.3 Å². The van der Waals surface area contributed by atoms with Gasteiger partial charge in [0.25, 0.3) is 0 Å². The highest BCUT2D eigenvalue weighted by Gasteiger charge is 2.79. The van der Waals surface area contributed by atoms with Crippen molar-refractivity contribution >= 4 is 35.5 Å². The lowest BCUT2D eigenvalue weighted by Gasteiger charge is -2.37. The fourth-order valence-electron chi connectivity index (χ4n) is 7.94. The van der Waals surface area contributed by atoms with Gasteiger partial charge in [-0.1, -0.05) is 103 Å². The van der Waals surface area contributed by atoms with Gasteiger partial charge in [0.15, 0.2) is 5.41 Å². The van der Waals surface area contributed by atoms with Crippen LogP contribution in [-0.4, -0.2) is 50.6 Å². The summed E-state index contributed by atoms with van der Waals surface area (Å²) in [5.74, 6) is -7.11. The van der Waals surface area contributed by atoms with Crippen molar-refractivity contribution in [1.82, 2.24) is 0 Å². The van der Waals surface area contributed by atoms with Crippen molar-refractivity contribution in [2.45, 2.75) is 44.9 Å². The molecule has 4 aromatic carbocycles. The summed E-state index contributed by atoms with van der Waals surface area (Å²) in [5, 5.41) is 0. The van der Waals surface area contributed by atoms with Gasteiger partial charge in [-0.3, -0.25) is 24.0 Å². The first-order valence-corrected chi connectivity index (χ1v) is 17.4. The van der Waals surface area contributed by atoms with E-state index in [9.17, 15) is 19.2 Å². The van der Waals surface area contributed by atoms with Gasteiger partial charge in [0, 0.05) is 6.42 Å². The number of benzene rings is 4. The molecule has 3 atom stereocenters. The van der Waals surface area contributed by atoms with Gasteiger partial charge in [-0.05, 0) is 47.6 Å². The van der Waals surface area contributed by atoms with Crippen LogP contribution in [0, 0.1) is 17.3 Å². The predicted octanol–water partition coefficient (Wildman–Crippen LogP) is 5.72. The quantitative estimate of drug-likeness (QED) is 0.0960.